The summed E-state index contributed by atoms with van der Waals surface area (Å²) in [7, 11) is 0. The number of alkyl halides is 1. The molecule has 1 aromatic heterocycles. The third-order valence-electron chi connectivity index (χ3n) is 2.37. The highest BCUT2D eigenvalue weighted by atomic mass is 19.2. The fraction of sp³-hybridized carbons (Fsp3) is 0.556. The quantitative estimate of drug-likeness (QED) is 0.588. The molecule has 7 nitrogen and oxygen atoms in total. The van der Waals surface area contributed by atoms with Crippen LogP contribution in [0.1, 0.15) is 14.0 Å². The van der Waals surface area contributed by atoms with E-state index in [9.17, 15) is 19.1 Å². The Bertz CT molecular complexity index is 575. The normalized spacial score (nSPS) is 38.1. The van der Waals surface area contributed by atoms with Crippen molar-refractivity contribution in [2.75, 3.05) is 6.61 Å². The van der Waals surface area contributed by atoms with Crippen molar-refractivity contribution in [3.05, 3.63) is 33.1 Å². The van der Waals surface area contributed by atoms with Gasteiger partial charge in [0.2, 0.25) is 5.85 Å². The van der Waals surface area contributed by atoms with Crippen LogP contribution in [0.15, 0.2) is 21.9 Å². The van der Waals surface area contributed by atoms with Crippen molar-refractivity contribution in [3.63, 3.8) is 0 Å². The number of aliphatic hydroxyl groups excluding tert-OH is 2. The van der Waals surface area contributed by atoms with Crippen LogP contribution in [0.3, 0.4) is 0 Å². The van der Waals surface area contributed by atoms with Gasteiger partial charge in [-0.25, -0.2) is 9.18 Å². The molecule has 1 saturated heterocycles. The van der Waals surface area contributed by atoms with Gasteiger partial charge in [0.25, 0.3) is 5.56 Å². The molecular weight excluding hydrogens is 235 g/mol. The van der Waals surface area contributed by atoms with E-state index in [0.717, 1.165) is 12.3 Å². The van der Waals surface area contributed by atoms with Crippen LogP contribution in [0.2, 0.25) is 0 Å². The van der Waals surface area contributed by atoms with Crippen LogP contribution in [0.5, 0.6) is 0 Å². The lowest BCUT2D eigenvalue weighted by Crippen LogP contribution is -2.35. The van der Waals surface area contributed by atoms with Gasteiger partial charge in [-0.3, -0.25) is 14.3 Å². The molecule has 2 heterocycles. The van der Waals surface area contributed by atoms with Crippen molar-refractivity contribution in [1.29, 1.82) is 0 Å². The maximum absolute atomic E-state index is 13.7. The highest BCUT2D eigenvalue weighted by Gasteiger charge is 2.47. The van der Waals surface area contributed by atoms with Crippen molar-refractivity contribution in [2.45, 2.75) is 24.6 Å². The second-order valence-corrected chi connectivity index (χ2v) is 3.68. The minimum Gasteiger partial charge on any atom is -0.390 e. The number of nitrogens with one attached hydrogen (secondary N) is 1. The molecule has 17 heavy (non-hydrogen) atoms. The maximum atomic E-state index is 13.7. The fourth-order valence-electron chi connectivity index (χ4n) is 1.57. The average molecular weight is 247 g/mol. The summed E-state index contributed by atoms with van der Waals surface area (Å²) in [6.45, 7) is -1.05. The molecule has 1 aromatic rings. The Morgan fingerprint density at radius 1 is 1.76 bits per heavy atom. The lowest BCUT2D eigenvalue weighted by atomic mass is 10.2. The molecule has 0 aromatic carbocycles. The number of H-pyrrole nitrogens is 1. The average Bonchev–Trinajstić information content (AvgIpc) is 2.51. The first-order valence-electron chi connectivity index (χ1n) is 5.31. The summed E-state index contributed by atoms with van der Waals surface area (Å²) >= 11 is 0. The van der Waals surface area contributed by atoms with Gasteiger partial charge >= 0.3 is 5.69 Å². The molecule has 0 aliphatic carbocycles. The third-order valence-corrected chi connectivity index (χ3v) is 2.37. The van der Waals surface area contributed by atoms with Crippen molar-refractivity contribution in [1.82, 2.24) is 9.55 Å². The summed E-state index contributed by atoms with van der Waals surface area (Å²) in [5.41, 5.74) is -1.71. The molecule has 1 fully saturated rings. The Labute approximate surface area is 95.5 Å². The summed E-state index contributed by atoms with van der Waals surface area (Å²) in [4.78, 5) is 24.2. The molecule has 94 valence electrons. The summed E-state index contributed by atoms with van der Waals surface area (Å²) < 4.78 is 26.8. The van der Waals surface area contributed by atoms with Gasteiger partial charge in [-0.1, -0.05) is 0 Å². The first-order valence-corrected chi connectivity index (χ1v) is 4.81. The zero-order valence-corrected chi connectivity index (χ0v) is 8.59. The second-order valence-electron chi connectivity index (χ2n) is 3.68. The predicted octanol–water partition coefficient (Wildman–Crippen LogP) is -1.53. The topological polar surface area (TPSA) is 105 Å². The number of hydrogen-bond acceptors (Lipinski definition) is 5. The molecule has 0 amide bonds. The Kier molecular flexibility index (Phi) is 2.54. The lowest BCUT2D eigenvalue weighted by Gasteiger charge is -2.18. The van der Waals surface area contributed by atoms with E-state index in [1.54, 1.807) is 0 Å². The van der Waals surface area contributed by atoms with Gasteiger partial charge in [0.15, 0.2) is 6.20 Å². The smallest absolute Gasteiger partial charge is 0.330 e. The zero-order valence-electron chi connectivity index (χ0n) is 9.59. The number of aromatic amines is 1. The van der Waals surface area contributed by atoms with Gasteiger partial charge in [-0.05, 0) is 0 Å². The van der Waals surface area contributed by atoms with E-state index >= 15 is 0 Å². The Morgan fingerprint density at radius 2 is 2.47 bits per heavy atom. The lowest BCUT2D eigenvalue weighted by molar-refractivity contribution is -0.180. The monoisotopic (exact) mass is 247 g/mol. The van der Waals surface area contributed by atoms with Crippen molar-refractivity contribution >= 4 is 0 Å². The summed E-state index contributed by atoms with van der Waals surface area (Å²) in [5.74, 6) is -2.60. The summed E-state index contributed by atoms with van der Waals surface area (Å²) in [6.07, 6.45) is -3.84. The number of halogens is 1. The van der Waals surface area contributed by atoms with Crippen LogP contribution < -0.4 is 11.2 Å². The number of hydrogen-bond donors (Lipinski definition) is 3. The molecule has 0 bridgehead atoms. The highest BCUT2D eigenvalue weighted by molar-refractivity contribution is 4.90. The van der Waals surface area contributed by atoms with E-state index in [4.69, 9.17) is 6.48 Å². The van der Waals surface area contributed by atoms with Crippen molar-refractivity contribution in [3.8, 4) is 0 Å². The number of aromatic nitrogens is 2. The second kappa shape index (κ2) is 4.06. The number of aliphatic hydroxyl groups is 2. The van der Waals surface area contributed by atoms with Crippen LogP contribution in [0.25, 0.3) is 0 Å². The van der Waals surface area contributed by atoms with Crippen LogP contribution in [-0.2, 0) is 4.74 Å². The van der Waals surface area contributed by atoms with E-state index in [1.807, 2.05) is 4.98 Å². The van der Waals surface area contributed by atoms with E-state index < -0.39 is 42.4 Å². The minimum atomic E-state index is -2.60. The summed E-state index contributed by atoms with van der Waals surface area (Å²) in [5, 5.41) is 18.4. The van der Waals surface area contributed by atoms with Gasteiger partial charge < -0.3 is 14.9 Å². The molecule has 0 radical (unpaired) electrons. The van der Waals surface area contributed by atoms with E-state index in [1.165, 1.54) is 0 Å². The molecule has 0 unspecified atom stereocenters. The molecule has 8 heteroatoms. The van der Waals surface area contributed by atoms with Gasteiger partial charge in [-0.15, -0.1) is 0 Å². The molecular formula is C9H11FN2O5. The van der Waals surface area contributed by atoms with Crippen LogP contribution in [-0.4, -0.2) is 38.3 Å². The Hall–Kier alpha value is -1.51. The SMILES string of the molecule is [2H][C@@]1(n2ccc(=O)[nH]c2=O)O[C@](F)(CO)C[C@H]1O. The molecule has 3 N–H and O–H groups in total. The van der Waals surface area contributed by atoms with Crippen molar-refractivity contribution in [2.24, 2.45) is 0 Å². The van der Waals surface area contributed by atoms with Gasteiger partial charge in [0.1, 0.15) is 12.7 Å². The first-order chi connectivity index (χ1) is 8.31. The molecule has 3 atom stereocenters. The zero-order chi connectivity index (χ0) is 13.6. The van der Waals surface area contributed by atoms with Gasteiger partial charge in [0, 0.05) is 18.7 Å². The molecule has 0 spiro atoms. The number of rotatable bonds is 2. The molecule has 1 aliphatic heterocycles. The predicted molar refractivity (Wildman–Crippen MR) is 53.0 cm³/mol. The summed E-state index contributed by atoms with van der Waals surface area (Å²) in [6, 6.07) is 0.935. The highest BCUT2D eigenvalue weighted by Crippen LogP contribution is 2.36. The van der Waals surface area contributed by atoms with Crippen LogP contribution in [0.4, 0.5) is 4.39 Å². The molecule has 0 saturated carbocycles. The number of ether oxygens (including phenoxy) is 1. The maximum Gasteiger partial charge on any atom is 0.330 e. The van der Waals surface area contributed by atoms with E-state index in [0.29, 0.717) is 4.57 Å². The standard InChI is InChI=1S/C9H11FN2O5/c10-9(4-13)3-5(14)7(17-9)12-2-1-6(15)11-8(12)16/h1-2,5,7,13-14H,3-4H2,(H,11,15,16)/t5-,7-,9+/m1/s1/i7D. The first kappa shape index (κ1) is 10.6. The van der Waals surface area contributed by atoms with Gasteiger partial charge in [0.05, 0.1) is 1.37 Å². The Morgan fingerprint density at radius 3 is 3.00 bits per heavy atom. The molecule has 1 aliphatic rings. The molecule has 2 rings (SSSR count). The van der Waals surface area contributed by atoms with Gasteiger partial charge in [-0.2, -0.15) is 0 Å². The number of nitrogens with zero attached hydrogens (tertiary/aromatic N) is 1. The van der Waals surface area contributed by atoms with E-state index in [2.05, 4.69) is 4.74 Å². The minimum absolute atomic E-state index is 0.552. The van der Waals surface area contributed by atoms with Crippen LogP contribution >= 0.6 is 0 Å². The van der Waals surface area contributed by atoms with Crippen LogP contribution in [0, 0.1) is 0 Å². The fourth-order valence-corrected chi connectivity index (χ4v) is 1.57. The Balaban J connectivity index is 2.49. The third kappa shape index (κ3) is 2.14. The largest absolute Gasteiger partial charge is 0.390 e. The van der Waals surface area contributed by atoms with Crippen molar-refractivity contribution < 1.29 is 20.7 Å². The van der Waals surface area contributed by atoms with E-state index in [-0.39, 0.29) is 0 Å².